The van der Waals surface area contributed by atoms with E-state index in [1.807, 2.05) is 0 Å². The van der Waals surface area contributed by atoms with Crippen LogP contribution in [0.3, 0.4) is 0 Å². The van der Waals surface area contributed by atoms with Gasteiger partial charge >= 0.3 is 0 Å². The zero-order valence-corrected chi connectivity index (χ0v) is 8.82. The molecular weight excluding hydrogens is 162 g/mol. The van der Waals surface area contributed by atoms with Crippen LogP contribution in [0.15, 0.2) is 0 Å². The summed E-state index contributed by atoms with van der Waals surface area (Å²) in [6, 6.07) is 3.28. The van der Waals surface area contributed by atoms with Gasteiger partial charge in [-0.05, 0) is 34.0 Å². The van der Waals surface area contributed by atoms with Gasteiger partial charge in [0, 0.05) is 18.6 Å². The molecule has 13 heavy (non-hydrogen) atoms. The number of likely N-dealkylation sites (N-methyl/N-ethyl adjacent to an activating group) is 2. The smallest absolute Gasteiger partial charge is 0.0638 e. The largest absolute Gasteiger partial charge is 0.305 e. The quantitative estimate of drug-likeness (QED) is 0.602. The molecule has 1 saturated heterocycles. The third-order valence-corrected chi connectivity index (χ3v) is 3.05. The average molecular weight is 181 g/mol. The first kappa shape index (κ1) is 10.5. The molecule has 1 aliphatic rings. The molecule has 2 unspecified atom stereocenters. The molecule has 1 rings (SSSR count). The molecule has 3 nitrogen and oxygen atoms in total. The molecular formula is C10H19N3. The summed E-state index contributed by atoms with van der Waals surface area (Å²) in [7, 11) is 4.27. The Bertz CT molecular complexity index is 197. The first-order valence-corrected chi connectivity index (χ1v) is 4.92. The number of nitrogens with zero attached hydrogens (tertiary/aromatic N) is 3. The zero-order chi connectivity index (χ0) is 9.84. The summed E-state index contributed by atoms with van der Waals surface area (Å²) in [6.07, 6.45) is 1.85. The maximum atomic E-state index is 8.71. The van der Waals surface area contributed by atoms with Gasteiger partial charge in [0.25, 0.3) is 0 Å². The van der Waals surface area contributed by atoms with Crippen molar-refractivity contribution in [3.63, 3.8) is 0 Å². The molecule has 3 heteroatoms. The van der Waals surface area contributed by atoms with Gasteiger partial charge in [-0.3, -0.25) is 4.90 Å². The molecule has 0 N–H and O–H groups in total. The van der Waals surface area contributed by atoms with Gasteiger partial charge in [-0.25, -0.2) is 0 Å². The highest BCUT2D eigenvalue weighted by Gasteiger charge is 2.24. The Hall–Kier alpha value is -0.590. The van der Waals surface area contributed by atoms with Crippen molar-refractivity contribution in [3.05, 3.63) is 0 Å². The van der Waals surface area contributed by atoms with E-state index >= 15 is 0 Å². The summed E-state index contributed by atoms with van der Waals surface area (Å²) in [6.45, 7) is 4.41. The standard InChI is InChI=1S/C10H19N3/c1-9-5-7-12(2)8-10(4-6-11)13(9)3/h9-10H,4-5,7-8H2,1-3H3. The molecule has 0 radical (unpaired) electrons. The highest BCUT2D eigenvalue weighted by Crippen LogP contribution is 2.14. The number of nitriles is 1. The number of hydrogen-bond acceptors (Lipinski definition) is 3. The summed E-state index contributed by atoms with van der Waals surface area (Å²) in [5, 5.41) is 8.71. The molecule has 0 aromatic heterocycles. The van der Waals surface area contributed by atoms with Crippen LogP contribution in [0.1, 0.15) is 19.8 Å². The molecule has 1 heterocycles. The lowest BCUT2D eigenvalue weighted by Gasteiger charge is -2.29. The average Bonchev–Trinajstić information content (AvgIpc) is 2.21. The van der Waals surface area contributed by atoms with Crippen molar-refractivity contribution in [2.75, 3.05) is 27.2 Å². The van der Waals surface area contributed by atoms with Crippen LogP contribution in [0, 0.1) is 11.3 Å². The Morgan fingerprint density at radius 1 is 1.46 bits per heavy atom. The fourth-order valence-corrected chi connectivity index (χ4v) is 1.86. The minimum Gasteiger partial charge on any atom is -0.305 e. The van der Waals surface area contributed by atoms with E-state index < -0.39 is 0 Å². The highest BCUT2D eigenvalue weighted by atomic mass is 15.2. The van der Waals surface area contributed by atoms with E-state index in [1.54, 1.807) is 0 Å². The van der Waals surface area contributed by atoms with Crippen LogP contribution in [0.4, 0.5) is 0 Å². The number of hydrogen-bond donors (Lipinski definition) is 0. The molecule has 0 amide bonds. The van der Waals surface area contributed by atoms with Crippen LogP contribution in [0.5, 0.6) is 0 Å². The van der Waals surface area contributed by atoms with Gasteiger partial charge in [-0.1, -0.05) is 0 Å². The van der Waals surface area contributed by atoms with Gasteiger partial charge in [0.05, 0.1) is 12.5 Å². The molecule has 0 spiro atoms. The van der Waals surface area contributed by atoms with Gasteiger partial charge in [-0.15, -0.1) is 0 Å². The summed E-state index contributed by atoms with van der Waals surface area (Å²) >= 11 is 0. The van der Waals surface area contributed by atoms with Gasteiger partial charge in [0.1, 0.15) is 0 Å². The van der Waals surface area contributed by atoms with Gasteiger partial charge in [-0.2, -0.15) is 5.26 Å². The SMILES string of the molecule is CC1CCN(C)CC(CC#N)N1C. The fourth-order valence-electron chi connectivity index (χ4n) is 1.86. The first-order valence-electron chi connectivity index (χ1n) is 4.92. The minimum absolute atomic E-state index is 0.410. The van der Waals surface area contributed by atoms with Crippen molar-refractivity contribution in [1.82, 2.24) is 9.80 Å². The summed E-state index contributed by atoms with van der Waals surface area (Å²) in [5.74, 6) is 0. The van der Waals surface area contributed by atoms with E-state index in [1.165, 1.54) is 6.42 Å². The molecule has 0 aromatic rings. The molecule has 0 aliphatic carbocycles. The lowest BCUT2D eigenvalue weighted by Crippen LogP contribution is -2.40. The minimum atomic E-state index is 0.410. The molecule has 2 atom stereocenters. The Kier molecular flexibility index (Phi) is 3.71. The molecule has 0 aromatic carbocycles. The maximum Gasteiger partial charge on any atom is 0.0638 e. The van der Waals surface area contributed by atoms with E-state index in [0.29, 0.717) is 18.5 Å². The van der Waals surface area contributed by atoms with Crippen LogP contribution < -0.4 is 0 Å². The maximum absolute atomic E-state index is 8.71. The Morgan fingerprint density at radius 3 is 2.77 bits per heavy atom. The zero-order valence-electron chi connectivity index (χ0n) is 8.82. The molecule has 0 bridgehead atoms. The molecule has 74 valence electrons. The van der Waals surface area contributed by atoms with Crippen LogP contribution in [-0.2, 0) is 0 Å². The van der Waals surface area contributed by atoms with Crippen LogP contribution in [-0.4, -0.2) is 49.1 Å². The van der Waals surface area contributed by atoms with Crippen molar-refractivity contribution in [3.8, 4) is 6.07 Å². The van der Waals surface area contributed by atoms with E-state index in [0.717, 1.165) is 13.1 Å². The van der Waals surface area contributed by atoms with Gasteiger partial charge in [0.2, 0.25) is 0 Å². The predicted molar refractivity (Wildman–Crippen MR) is 53.4 cm³/mol. The van der Waals surface area contributed by atoms with E-state index in [-0.39, 0.29) is 0 Å². The van der Waals surface area contributed by atoms with E-state index in [9.17, 15) is 0 Å². The van der Waals surface area contributed by atoms with Crippen molar-refractivity contribution >= 4 is 0 Å². The normalized spacial score (nSPS) is 32.5. The van der Waals surface area contributed by atoms with Crippen molar-refractivity contribution in [2.24, 2.45) is 0 Å². The van der Waals surface area contributed by atoms with Crippen molar-refractivity contribution in [1.29, 1.82) is 5.26 Å². The second-order valence-corrected chi connectivity index (χ2v) is 4.08. The molecule has 1 aliphatic heterocycles. The van der Waals surface area contributed by atoms with Crippen molar-refractivity contribution < 1.29 is 0 Å². The topological polar surface area (TPSA) is 30.3 Å². The van der Waals surface area contributed by atoms with Crippen LogP contribution in [0.25, 0.3) is 0 Å². The van der Waals surface area contributed by atoms with Crippen molar-refractivity contribution in [2.45, 2.75) is 31.8 Å². The van der Waals surface area contributed by atoms with Gasteiger partial charge in [0.15, 0.2) is 0 Å². The first-order chi connectivity index (χ1) is 6.15. The third-order valence-electron chi connectivity index (χ3n) is 3.05. The number of rotatable bonds is 1. The summed E-state index contributed by atoms with van der Waals surface area (Å²) in [4.78, 5) is 4.66. The van der Waals surface area contributed by atoms with Crippen LogP contribution in [0.2, 0.25) is 0 Å². The Balaban J connectivity index is 2.62. The van der Waals surface area contributed by atoms with E-state index in [2.05, 4.69) is 36.9 Å². The van der Waals surface area contributed by atoms with Gasteiger partial charge < -0.3 is 4.90 Å². The monoisotopic (exact) mass is 181 g/mol. The Labute approximate surface area is 80.9 Å². The predicted octanol–water partition coefficient (Wildman–Crippen LogP) is 0.924. The lowest BCUT2D eigenvalue weighted by molar-refractivity contribution is 0.185. The lowest BCUT2D eigenvalue weighted by atomic mass is 10.1. The third kappa shape index (κ3) is 2.68. The Morgan fingerprint density at radius 2 is 2.15 bits per heavy atom. The van der Waals surface area contributed by atoms with Crippen LogP contribution >= 0.6 is 0 Å². The highest BCUT2D eigenvalue weighted by molar-refractivity contribution is 4.87. The summed E-state index contributed by atoms with van der Waals surface area (Å²) in [5.41, 5.74) is 0. The molecule has 1 fully saturated rings. The second-order valence-electron chi connectivity index (χ2n) is 4.08. The second kappa shape index (κ2) is 4.59. The summed E-state index contributed by atoms with van der Waals surface area (Å²) < 4.78 is 0. The van der Waals surface area contributed by atoms with E-state index in [4.69, 9.17) is 5.26 Å². The molecule has 0 saturated carbocycles. The fraction of sp³-hybridized carbons (Fsp3) is 0.900.